The Morgan fingerprint density at radius 2 is 2.11 bits per heavy atom. The number of carbonyl (C=O) groups is 1. The number of morpholine rings is 1. The molecule has 0 bridgehead atoms. The van der Waals surface area contributed by atoms with Gasteiger partial charge in [0, 0.05) is 39.8 Å². The van der Waals surface area contributed by atoms with Gasteiger partial charge in [-0.3, -0.25) is 9.69 Å². The second-order valence-electron chi connectivity index (χ2n) is 4.41. The first-order chi connectivity index (χ1) is 8.74. The van der Waals surface area contributed by atoms with Gasteiger partial charge in [0.15, 0.2) is 0 Å². The largest absolute Gasteiger partial charge is 0.383 e. The van der Waals surface area contributed by atoms with E-state index in [1.54, 1.807) is 7.11 Å². The van der Waals surface area contributed by atoms with Crippen LogP contribution in [0, 0.1) is 0 Å². The Bertz CT molecular complexity index is 233. The van der Waals surface area contributed by atoms with E-state index in [2.05, 4.69) is 15.5 Å². The van der Waals surface area contributed by atoms with Crippen molar-refractivity contribution < 1.29 is 14.3 Å². The molecule has 1 aliphatic heterocycles. The molecule has 6 heteroatoms. The van der Waals surface area contributed by atoms with E-state index in [1.807, 2.05) is 6.92 Å². The van der Waals surface area contributed by atoms with Gasteiger partial charge < -0.3 is 20.1 Å². The molecule has 0 saturated carbocycles. The summed E-state index contributed by atoms with van der Waals surface area (Å²) >= 11 is 0. The van der Waals surface area contributed by atoms with Crippen LogP contribution in [0.1, 0.15) is 6.92 Å². The third-order valence-electron chi connectivity index (χ3n) is 2.98. The van der Waals surface area contributed by atoms with Crippen LogP contribution < -0.4 is 10.6 Å². The molecule has 1 saturated heterocycles. The molecule has 1 atom stereocenters. The number of methoxy groups -OCH3 is 1. The summed E-state index contributed by atoms with van der Waals surface area (Å²) in [6.45, 7) is 8.35. The van der Waals surface area contributed by atoms with Crippen molar-refractivity contribution in [2.45, 2.75) is 13.0 Å². The fourth-order valence-electron chi connectivity index (χ4n) is 1.79. The molecule has 0 aliphatic carbocycles. The molecule has 1 amide bonds. The van der Waals surface area contributed by atoms with E-state index in [0.29, 0.717) is 13.2 Å². The fraction of sp³-hybridized carbons (Fsp3) is 0.917. The topological polar surface area (TPSA) is 62.8 Å². The molecule has 1 aliphatic rings. The highest BCUT2D eigenvalue weighted by atomic mass is 16.5. The fourth-order valence-corrected chi connectivity index (χ4v) is 1.79. The van der Waals surface area contributed by atoms with Crippen LogP contribution in [0.3, 0.4) is 0 Å². The number of ether oxygens (including phenoxy) is 2. The predicted octanol–water partition coefficient (Wildman–Crippen LogP) is -0.941. The minimum absolute atomic E-state index is 0.0222. The molecule has 6 nitrogen and oxygen atoms in total. The highest BCUT2D eigenvalue weighted by molar-refractivity contribution is 5.81. The van der Waals surface area contributed by atoms with Gasteiger partial charge in [-0.15, -0.1) is 0 Å². The number of carbonyl (C=O) groups excluding carboxylic acids is 1. The third kappa shape index (κ3) is 6.30. The number of hydrogen-bond donors (Lipinski definition) is 2. The number of amides is 1. The average molecular weight is 259 g/mol. The molecule has 106 valence electrons. The van der Waals surface area contributed by atoms with E-state index >= 15 is 0 Å². The maximum atomic E-state index is 11.6. The Labute approximate surface area is 109 Å². The number of hydrogen-bond acceptors (Lipinski definition) is 5. The zero-order valence-electron chi connectivity index (χ0n) is 11.4. The second-order valence-corrected chi connectivity index (χ2v) is 4.41. The molecule has 18 heavy (non-hydrogen) atoms. The molecule has 0 aromatic rings. The lowest BCUT2D eigenvalue weighted by Crippen LogP contribution is -2.46. The van der Waals surface area contributed by atoms with Crippen molar-refractivity contribution in [3.8, 4) is 0 Å². The number of nitrogens with one attached hydrogen (secondary N) is 2. The van der Waals surface area contributed by atoms with Crippen molar-refractivity contribution >= 4 is 5.91 Å². The lowest BCUT2D eigenvalue weighted by atomic mass is 10.3. The molecule has 0 radical (unpaired) electrons. The molecule has 1 heterocycles. The summed E-state index contributed by atoms with van der Waals surface area (Å²) in [6, 6.07) is -0.164. The minimum atomic E-state index is -0.164. The van der Waals surface area contributed by atoms with Crippen molar-refractivity contribution in [1.82, 2.24) is 15.5 Å². The molecule has 0 aromatic heterocycles. The van der Waals surface area contributed by atoms with Crippen molar-refractivity contribution in [2.75, 3.05) is 59.7 Å². The maximum Gasteiger partial charge on any atom is 0.236 e. The highest BCUT2D eigenvalue weighted by Crippen LogP contribution is 1.95. The Balaban J connectivity index is 2.04. The molecule has 2 N–H and O–H groups in total. The first kappa shape index (κ1) is 15.4. The number of rotatable bonds is 8. The summed E-state index contributed by atoms with van der Waals surface area (Å²) in [4.78, 5) is 14.0. The van der Waals surface area contributed by atoms with Crippen LogP contribution in [0.15, 0.2) is 0 Å². The molecule has 1 fully saturated rings. The van der Waals surface area contributed by atoms with Gasteiger partial charge in [-0.05, 0) is 6.92 Å². The molecular weight excluding hydrogens is 234 g/mol. The zero-order valence-corrected chi connectivity index (χ0v) is 11.4. The lowest BCUT2D eigenvalue weighted by Gasteiger charge is -2.27. The number of nitrogens with zero attached hydrogens (tertiary/aromatic N) is 1. The quantitative estimate of drug-likeness (QED) is 0.551. The van der Waals surface area contributed by atoms with E-state index in [9.17, 15) is 4.79 Å². The van der Waals surface area contributed by atoms with E-state index in [-0.39, 0.29) is 11.9 Å². The lowest BCUT2D eigenvalue weighted by molar-refractivity contribution is -0.122. The molecule has 1 unspecified atom stereocenters. The van der Waals surface area contributed by atoms with Gasteiger partial charge in [0.2, 0.25) is 5.91 Å². The zero-order chi connectivity index (χ0) is 13.2. The Kier molecular flexibility index (Phi) is 7.91. The van der Waals surface area contributed by atoms with Crippen molar-refractivity contribution in [2.24, 2.45) is 0 Å². The smallest absolute Gasteiger partial charge is 0.236 e. The van der Waals surface area contributed by atoms with Crippen LogP contribution in [-0.2, 0) is 14.3 Å². The van der Waals surface area contributed by atoms with Crippen LogP contribution in [-0.4, -0.2) is 76.5 Å². The van der Waals surface area contributed by atoms with E-state index in [1.165, 1.54) is 0 Å². The Morgan fingerprint density at radius 3 is 2.78 bits per heavy atom. The van der Waals surface area contributed by atoms with Gasteiger partial charge in [-0.25, -0.2) is 0 Å². The third-order valence-corrected chi connectivity index (χ3v) is 2.98. The summed E-state index contributed by atoms with van der Waals surface area (Å²) in [5.41, 5.74) is 0. The van der Waals surface area contributed by atoms with Crippen LogP contribution >= 0.6 is 0 Å². The van der Waals surface area contributed by atoms with E-state index in [4.69, 9.17) is 9.47 Å². The van der Waals surface area contributed by atoms with Crippen molar-refractivity contribution in [3.63, 3.8) is 0 Å². The first-order valence-electron chi connectivity index (χ1n) is 6.54. The summed E-state index contributed by atoms with van der Waals surface area (Å²) in [5.74, 6) is 0.0222. The molecule has 0 spiro atoms. The second kappa shape index (κ2) is 9.27. The van der Waals surface area contributed by atoms with Crippen LogP contribution in [0.2, 0.25) is 0 Å². The monoisotopic (exact) mass is 259 g/mol. The van der Waals surface area contributed by atoms with Crippen LogP contribution in [0.5, 0.6) is 0 Å². The Hall–Kier alpha value is -0.690. The normalized spacial score (nSPS) is 18.6. The average Bonchev–Trinajstić information content (AvgIpc) is 2.40. The summed E-state index contributed by atoms with van der Waals surface area (Å²) in [6.07, 6.45) is 0. The van der Waals surface area contributed by atoms with Gasteiger partial charge >= 0.3 is 0 Å². The standard InChI is InChI=1S/C12H25N3O3/c1-11(12(16)14-4-8-17-2)13-3-5-15-6-9-18-10-7-15/h11,13H,3-10H2,1-2H3,(H,14,16). The van der Waals surface area contributed by atoms with Gasteiger partial charge in [-0.1, -0.05) is 0 Å². The first-order valence-corrected chi connectivity index (χ1v) is 6.54. The van der Waals surface area contributed by atoms with Gasteiger partial charge in [0.05, 0.1) is 25.9 Å². The minimum Gasteiger partial charge on any atom is -0.383 e. The van der Waals surface area contributed by atoms with Gasteiger partial charge in [-0.2, -0.15) is 0 Å². The van der Waals surface area contributed by atoms with Crippen LogP contribution in [0.4, 0.5) is 0 Å². The van der Waals surface area contributed by atoms with Crippen LogP contribution in [0.25, 0.3) is 0 Å². The highest BCUT2D eigenvalue weighted by Gasteiger charge is 2.13. The maximum absolute atomic E-state index is 11.6. The van der Waals surface area contributed by atoms with Crippen molar-refractivity contribution in [1.29, 1.82) is 0 Å². The molecule has 1 rings (SSSR count). The summed E-state index contributed by atoms with van der Waals surface area (Å²) in [5, 5.41) is 6.03. The molecule has 0 aromatic carbocycles. The summed E-state index contributed by atoms with van der Waals surface area (Å²) < 4.78 is 10.2. The van der Waals surface area contributed by atoms with Gasteiger partial charge in [0.25, 0.3) is 0 Å². The van der Waals surface area contributed by atoms with Crippen molar-refractivity contribution in [3.05, 3.63) is 0 Å². The van der Waals surface area contributed by atoms with E-state index in [0.717, 1.165) is 39.4 Å². The van der Waals surface area contributed by atoms with Gasteiger partial charge in [0.1, 0.15) is 0 Å². The SMILES string of the molecule is COCCNC(=O)C(C)NCCN1CCOCC1. The predicted molar refractivity (Wildman–Crippen MR) is 69.6 cm³/mol. The van der Waals surface area contributed by atoms with E-state index < -0.39 is 0 Å². The summed E-state index contributed by atoms with van der Waals surface area (Å²) in [7, 11) is 1.62. The Morgan fingerprint density at radius 1 is 1.39 bits per heavy atom. The molecular formula is C12H25N3O3.